The van der Waals surface area contributed by atoms with Gasteiger partial charge in [-0.1, -0.05) is 6.07 Å². The van der Waals surface area contributed by atoms with Crippen molar-refractivity contribution >= 4 is 5.97 Å². The SMILES string of the molecule is COC(=O)C1CC(O)CN1Cc1ccc(F)cc1C(F)(F)F. The Morgan fingerprint density at radius 1 is 1.45 bits per heavy atom. The first-order valence-corrected chi connectivity index (χ1v) is 6.58. The zero-order valence-electron chi connectivity index (χ0n) is 11.7. The minimum Gasteiger partial charge on any atom is -0.468 e. The van der Waals surface area contributed by atoms with Gasteiger partial charge in [-0.05, 0) is 17.7 Å². The number of esters is 1. The van der Waals surface area contributed by atoms with Crippen LogP contribution in [0.25, 0.3) is 0 Å². The van der Waals surface area contributed by atoms with E-state index in [4.69, 9.17) is 0 Å². The molecular weight excluding hydrogens is 306 g/mol. The second kappa shape index (κ2) is 6.21. The number of aliphatic hydroxyl groups is 1. The molecule has 1 aromatic rings. The van der Waals surface area contributed by atoms with Crippen molar-refractivity contribution in [2.75, 3.05) is 13.7 Å². The van der Waals surface area contributed by atoms with Crippen molar-refractivity contribution in [3.63, 3.8) is 0 Å². The maximum absolute atomic E-state index is 13.1. The average molecular weight is 321 g/mol. The van der Waals surface area contributed by atoms with Gasteiger partial charge < -0.3 is 9.84 Å². The van der Waals surface area contributed by atoms with E-state index in [0.717, 1.165) is 12.1 Å². The molecule has 1 aliphatic heterocycles. The number of methoxy groups -OCH3 is 1. The molecule has 0 radical (unpaired) electrons. The quantitative estimate of drug-likeness (QED) is 0.683. The summed E-state index contributed by atoms with van der Waals surface area (Å²) in [6, 6.07) is 1.59. The molecule has 1 saturated heterocycles. The number of aliphatic hydroxyl groups excluding tert-OH is 1. The third-order valence-corrected chi connectivity index (χ3v) is 3.61. The van der Waals surface area contributed by atoms with Gasteiger partial charge in [0, 0.05) is 19.5 Å². The molecule has 0 aromatic heterocycles. The van der Waals surface area contributed by atoms with Crippen LogP contribution in [0.2, 0.25) is 0 Å². The van der Waals surface area contributed by atoms with Crippen molar-refractivity contribution < 1.29 is 32.2 Å². The molecule has 22 heavy (non-hydrogen) atoms. The maximum Gasteiger partial charge on any atom is 0.416 e. The summed E-state index contributed by atoms with van der Waals surface area (Å²) in [4.78, 5) is 13.0. The van der Waals surface area contributed by atoms with E-state index in [2.05, 4.69) is 4.74 Å². The Kier molecular flexibility index (Phi) is 4.72. The van der Waals surface area contributed by atoms with E-state index >= 15 is 0 Å². The van der Waals surface area contributed by atoms with Crippen LogP contribution in [0.3, 0.4) is 0 Å². The third-order valence-electron chi connectivity index (χ3n) is 3.61. The fraction of sp³-hybridized carbons (Fsp3) is 0.500. The van der Waals surface area contributed by atoms with Crippen LogP contribution in [0.4, 0.5) is 17.6 Å². The smallest absolute Gasteiger partial charge is 0.416 e. The number of benzene rings is 1. The molecular formula is C14H15F4NO3. The van der Waals surface area contributed by atoms with Crippen molar-refractivity contribution in [3.8, 4) is 0 Å². The Morgan fingerprint density at radius 3 is 2.73 bits per heavy atom. The van der Waals surface area contributed by atoms with Gasteiger partial charge >= 0.3 is 12.1 Å². The lowest BCUT2D eigenvalue weighted by Crippen LogP contribution is -2.36. The number of halogens is 4. The van der Waals surface area contributed by atoms with E-state index in [1.165, 1.54) is 12.0 Å². The Balaban J connectivity index is 2.28. The number of carbonyl (C=O) groups is 1. The zero-order valence-corrected chi connectivity index (χ0v) is 11.7. The zero-order chi connectivity index (χ0) is 16.5. The maximum atomic E-state index is 13.1. The third kappa shape index (κ3) is 3.56. The average Bonchev–Trinajstić information content (AvgIpc) is 2.79. The molecule has 2 unspecified atom stereocenters. The first kappa shape index (κ1) is 16.7. The number of rotatable bonds is 3. The molecule has 0 aliphatic carbocycles. The number of hydrogen-bond donors (Lipinski definition) is 1. The normalized spacial score (nSPS) is 22.8. The van der Waals surface area contributed by atoms with Crippen molar-refractivity contribution in [1.29, 1.82) is 0 Å². The molecule has 0 saturated carbocycles. The van der Waals surface area contributed by atoms with Gasteiger partial charge in [-0.15, -0.1) is 0 Å². The number of ether oxygens (including phenoxy) is 1. The topological polar surface area (TPSA) is 49.8 Å². The van der Waals surface area contributed by atoms with Gasteiger partial charge in [-0.25, -0.2) is 4.39 Å². The molecule has 1 aliphatic rings. The second-order valence-electron chi connectivity index (χ2n) is 5.16. The second-order valence-corrected chi connectivity index (χ2v) is 5.16. The first-order valence-electron chi connectivity index (χ1n) is 6.58. The predicted octanol–water partition coefficient (Wildman–Crippen LogP) is 1.95. The summed E-state index contributed by atoms with van der Waals surface area (Å²) in [7, 11) is 1.17. The van der Waals surface area contributed by atoms with E-state index in [0.29, 0.717) is 6.07 Å². The molecule has 122 valence electrons. The van der Waals surface area contributed by atoms with E-state index in [9.17, 15) is 27.5 Å². The van der Waals surface area contributed by atoms with Gasteiger partial charge in [-0.3, -0.25) is 9.69 Å². The molecule has 1 N–H and O–H groups in total. The highest BCUT2D eigenvalue weighted by Gasteiger charge is 2.39. The monoisotopic (exact) mass is 321 g/mol. The number of carbonyl (C=O) groups excluding carboxylic acids is 1. The molecule has 4 nitrogen and oxygen atoms in total. The molecule has 0 amide bonds. The summed E-state index contributed by atoms with van der Waals surface area (Å²) in [5.41, 5.74) is -1.24. The van der Waals surface area contributed by atoms with Gasteiger partial charge in [-0.2, -0.15) is 13.2 Å². The molecule has 1 aromatic carbocycles. The Hall–Kier alpha value is -1.67. The lowest BCUT2D eigenvalue weighted by Gasteiger charge is -2.23. The molecule has 8 heteroatoms. The number of alkyl halides is 3. The van der Waals surface area contributed by atoms with Crippen LogP contribution in [-0.4, -0.2) is 41.8 Å². The van der Waals surface area contributed by atoms with Crippen LogP contribution in [0, 0.1) is 5.82 Å². The number of nitrogens with zero attached hydrogens (tertiary/aromatic N) is 1. The molecule has 1 heterocycles. The lowest BCUT2D eigenvalue weighted by atomic mass is 10.1. The summed E-state index contributed by atoms with van der Waals surface area (Å²) in [5.74, 6) is -1.60. The van der Waals surface area contributed by atoms with Gasteiger partial charge in [0.1, 0.15) is 11.9 Å². The van der Waals surface area contributed by atoms with Crippen LogP contribution in [0.1, 0.15) is 17.5 Å². The van der Waals surface area contributed by atoms with E-state index in [1.54, 1.807) is 0 Å². The van der Waals surface area contributed by atoms with Gasteiger partial charge in [0.05, 0.1) is 18.8 Å². The summed E-state index contributed by atoms with van der Waals surface area (Å²) >= 11 is 0. The Morgan fingerprint density at radius 2 is 2.14 bits per heavy atom. The summed E-state index contributed by atoms with van der Waals surface area (Å²) in [5, 5.41) is 9.63. The number of likely N-dealkylation sites (tertiary alicyclic amines) is 1. The van der Waals surface area contributed by atoms with Gasteiger partial charge in [0.25, 0.3) is 0 Å². The summed E-state index contributed by atoms with van der Waals surface area (Å²) < 4.78 is 56.6. The number of β-amino-alcohol motifs (C(OH)–C–C–N with tert-alkyl or cyclic N) is 1. The highest BCUT2D eigenvalue weighted by Crippen LogP contribution is 2.34. The largest absolute Gasteiger partial charge is 0.468 e. The fourth-order valence-electron chi connectivity index (χ4n) is 2.60. The molecule has 1 fully saturated rings. The summed E-state index contributed by atoms with van der Waals surface area (Å²) in [6.45, 7) is -0.180. The highest BCUT2D eigenvalue weighted by atomic mass is 19.4. The van der Waals surface area contributed by atoms with Crippen molar-refractivity contribution in [2.45, 2.75) is 31.3 Å². The Bertz CT molecular complexity index is 562. The van der Waals surface area contributed by atoms with Gasteiger partial charge in [0.15, 0.2) is 0 Å². The minimum absolute atomic E-state index is 0.0500. The van der Waals surface area contributed by atoms with Crippen LogP contribution in [-0.2, 0) is 22.3 Å². The van der Waals surface area contributed by atoms with Crippen LogP contribution in [0.5, 0.6) is 0 Å². The molecule has 0 spiro atoms. The van der Waals surface area contributed by atoms with E-state index < -0.39 is 35.7 Å². The standard InChI is InChI=1S/C14H15F4NO3/c1-22-13(21)12-5-10(20)7-19(12)6-8-2-3-9(15)4-11(8)14(16,17)18/h2-4,10,12,20H,5-7H2,1H3. The minimum atomic E-state index is -4.70. The van der Waals surface area contributed by atoms with Crippen LogP contribution >= 0.6 is 0 Å². The molecule has 2 atom stereocenters. The lowest BCUT2D eigenvalue weighted by molar-refractivity contribution is -0.146. The van der Waals surface area contributed by atoms with Crippen LogP contribution < -0.4 is 0 Å². The molecule has 0 bridgehead atoms. The fourth-order valence-corrected chi connectivity index (χ4v) is 2.60. The predicted molar refractivity (Wildman–Crippen MR) is 68.2 cm³/mol. The van der Waals surface area contributed by atoms with E-state index in [1.807, 2.05) is 0 Å². The van der Waals surface area contributed by atoms with Gasteiger partial charge in [0.2, 0.25) is 0 Å². The Labute approximate surface area is 124 Å². The van der Waals surface area contributed by atoms with Crippen molar-refractivity contribution in [3.05, 3.63) is 35.1 Å². The number of hydrogen-bond acceptors (Lipinski definition) is 4. The van der Waals surface area contributed by atoms with Crippen molar-refractivity contribution in [2.24, 2.45) is 0 Å². The van der Waals surface area contributed by atoms with Crippen LogP contribution in [0.15, 0.2) is 18.2 Å². The highest BCUT2D eigenvalue weighted by molar-refractivity contribution is 5.76. The van der Waals surface area contributed by atoms with Crippen molar-refractivity contribution in [1.82, 2.24) is 4.90 Å². The molecule has 2 rings (SSSR count). The van der Waals surface area contributed by atoms with E-state index in [-0.39, 0.29) is 25.1 Å². The first-order chi connectivity index (χ1) is 10.2. The summed E-state index contributed by atoms with van der Waals surface area (Å²) in [6.07, 6.45) is -5.43.